The van der Waals surface area contributed by atoms with Crippen molar-refractivity contribution >= 4 is 29.5 Å². The van der Waals surface area contributed by atoms with E-state index < -0.39 is 65.2 Å². The van der Waals surface area contributed by atoms with Gasteiger partial charge in [0.25, 0.3) is 11.8 Å². The van der Waals surface area contributed by atoms with Gasteiger partial charge in [-0.05, 0) is 55.8 Å². The highest BCUT2D eigenvalue weighted by molar-refractivity contribution is 5.98. The van der Waals surface area contributed by atoms with E-state index in [9.17, 15) is 29.1 Å². The summed E-state index contributed by atoms with van der Waals surface area (Å²) in [5.74, 6) is -2.71. The molecule has 13 nitrogen and oxygen atoms in total. The van der Waals surface area contributed by atoms with E-state index in [1.165, 1.54) is 23.5 Å². The highest BCUT2D eigenvalue weighted by Gasteiger charge is 2.46. The smallest absolute Gasteiger partial charge is 0.272 e. The van der Waals surface area contributed by atoms with E-state index in [2.05, 4.69) is 37.8 Å². The summed E-state index contributed by atoms with van der Waals surface area (Å²) < 4.78 is 0. The van der Waals surface area contributed by atoms with Crippen molar-refractivity contribution in [3.05, 3.63) is 36.9 Å². The van der Waals surface area contributed by atoms with Crippen LogP contribution in [0.5, 0.6) is 0 Å². The Kier molecular flexibility index (Phi) is 12.7. The van der Waals surface area contributed by atoms with Crippen molar-refractivity contribution in [1.82, 2.24) is 36.1 Å². The van der Waals surface area contributed by atoms with E-state index in [4.69, 9.17) is 0 Å². The molecule has 0 spiro atoms. The summed E-state index contributed by atoms with van der Waals surface area (Å²) in [6.45, 7) is 11.5. The first-order chi connectivity index (χ1) is 22.8. The molecule has 2 aliphatic carbocycles. The van der Waals surface area contributed by atoms with Crippen molar-refractivity contribution in [3.63, 3.8) is 0 Å². The molecule has 3 aliphatic rings. The number of aliphatic hydroxyl groups excluding tert-OH is 1. The second-order valence-electron chi connectivity index (χ2n) is 14.6. The van der Waals surface area contributed by atoms with Crippen LogP contribution in [0.3, 0.4) is 0 Å². The van der Waals surface area contributed by atoms with Gasteiger partial charge in [0, 0.05) is 25.0 Å². The average molecular weight is 668 g/mol. The van der Waals surface area contributed by atoms with Crippen molar-refractivity contribution < 1.29 is 29.1 Å². The van der Waals surface area contributed by atoms with Gasteiger partial charge in [-0.1, -0.05) is 59.5 Å². The van der Waals surface area contributed by atoms with Crippen molar-refractivity contribution in [1.29, 1.82) is 0 Å². The van der Waals surface area contributed by atoms with Gasteiger partial charge in [-0.2, -0.15) is 0 Å². The maximum absolute atomic E-state index is 14.4. The molecule has 13 heteroatoms. The van der Waals surface area contributed by atoms with Gasteiger partial charge in [-0.15, -0.1) is 6.58 Å². The third kappa shape index (κ3) is 9.61. The van der Waals surface area contributed by atoms with Crippen LogP contribution >= 0.6 is 0 Å². The lowest BCUT2D eigenvalue weighted by atomic mass is 9.82. The molecule has 1 aromatic heterocycles. The summed E-state index contributed by atoms with van der Waals surface area (Å²) >= 11 is 0. The Labute approximate surface area is 283 Å². The Bertz CT molecular complexity index is 1310. The van der Waals surface area contributed by atoms with Gasteiger partial charge >= 0.3 is 0 Å². The number of amides is 5. The van der Waals surface area contributed by atoms with Crippen molar-refractivity contribution in [2.45, 2.75) is 128 Å². The number of carbonyl (C=O) groups excluding carboxylic acids is 5. The number of aromatic nitrogens is 2. The van der Waals surface area contributed by atoms with Crippen LogP contribution in [0.25, 0.3) is 0 Å². The fourth-order valence-corrected chi connectivity index (χ4v) is 6.67. The molecule has 5 N–H and O–H groups in total. The largest absolute Gasteiger partial charge is 0.381 e. The highest BCUT2D eigenvalue weighted by Crippen LogP contribution is 2.31. The molecular weight excluding hydrogens is 614 g/mol. The Morgan fingerprint density at radius 2 is 1.73 bits per heavy atom. The van der Waals surface area contributed by atoms with E-state index in [0.717, 1.165) is 44.9 Å². The molecule has 4 rings (SSSR count). The molecule has 0 radical (unpaired) electrons. The standard InChI is InChI=1S/C35H53N7O6/c1-6-11-24(28(43)33(47)38-23-14-15-23)39-31(45)26-18-21(7-2)20-42(26)34(48)29(35(3,4)5)41-32(46)27(22-12-9-8-10-13-22)40-30(44)25-19-36-16-17-37-25/h7,16-17,19,21-24,26-29,43H,2,6,8-15,18,20H2,1,3-5H3,(H,38,47)(H,39,45)(H,40,44)(H,41,46)/t21-,24+,26+,27+,28?,29-/m1/s1. The molecule has 2 heterocycles. The Morgan fingerprint density at radius 1 is 1.02 bits per heavy atom. The Morgan fingerprint density at radius 3 is 2.31 bits per heavy atom. The number of aliphatic hydroxyl groups is 1. The predicted molar refractivity (Wildman–Crippen MR) is 179 cm³/mol. The lowest BCUT2D eigenvalue weighted by molar-refractivity contribution is -0.145. The predicted octanol–water partition coefficient (Wildman–Crippen LogP) is 2.01. The van der Waals surface area contributed by atoms with Gasteiger partial charge in [-0.3, -0.25) is 29.0 Å². The maximum atomic E-state index is 14.4. The van der Waals surface area contributed by atoms with Crippen LogP contribution in [0.4, 0.5) is 0 Å². The SMILES string of the molecule is C=C[C@@H]1C[C@@H](C(=O)N[C@@H](CCC)C(O)C(=O)NC2CC2)N(C(=O)[C@@H](NC(=O)[C@@H](NC(=O)c2cnccn2)C2CCCCC2)C(C)(C)C)C1. The molecule has 5 amide bonds. The Hall–Kier alpha value is -3.87. The molecule has 48 heavy (non-hydrogen) atoms. The lowest BCUT2D eigenvalue weighted by Crippen LogP contribution is -2.62. The maximum Gasteiger partial charge on any atom is 0.272 e. The molecule has 1 saturated heterocycles. The van der Waals surface area contributed by atoms with Gasteiger partial charge < -0.3 is 31.3 Å². The van der Waals surface area contributed by atoms with Gasteiger partial charge in [-0.25, -0.2) is 4.98 Å². The summed E-state index contributed by atoms with van der Waals surface area (Å²) in [6.07, 6.45) is 12.0. The molecule has 0 aromatic carbocycles. The molecule has 3 fully saturated rings. The zero-order valence-electron chi connectivity index (χ0n) is 28.7. The number of carbonyl (C=O) groups is 5. The third-order valence-electron chi connectivity index (χ3n) is 9.64. The van der Waals surface area contributed by atoms with E-state index in [0.29, 0.717) is 19.3 Å². The summed E-state index contributed by atoms with van der Waals surface area (Å²) in [4.78, 5) is 77.6. The Balaban J connectivity index is 1.53. The monoisotopic (exact) mass is 667 g/mol. The molecule has 6 atom stereocenters. The normalized spacial score (nSPS) is 22.5. The van der Waals surface area contributed by atoms with Gasteiger partial charge in [0.2, 0.25) is 17.7 Å². The van der Waals surface area contributed by atoms with E-state index in [-0.39, 0.29) is 30.1 Å². The van der Waals surface area contributed by atoms with Crippen molar-refractivity contribution in [2.75, 3.05) is 6.54 Å². The van der Waals surface area contributed by atoms with E-state index >= 15 is 0 Å². The molecule has 0 bridgehead atoms. The van der Waals surface area contributed by atoms with Gasteiger partial charge in [0.15, 0.2) is 6.10 Å². The molecule has 1 aromatic rings. The van der Waals surface area contributed by atoms with Crippen molar-refractivity contribution in [2.24, 2.45) is 17.3 Å². The van der Waals surface area contributed by atoms with E-state index in [1.807, 2.05) is 27.7 Å². The zero-order chi connectivity index (χ0) is 35.0. The number of nitrogens with zero attached hydrogens (tertiary/aromatic N) is 3. The highest BCUT2D eigenvalue weighted by atomic mass is 16.3. The van der Waals surface area contributed by atoms with Crippen molar-refractivity contribution in [3.8, 4) is 0 Å². The number of hydrogen-bond acceptors (Lipinski definition) is 8. The minimum Gasteiger partial charge on any atom is -0.381 e. The molecular formula is C35H53N7O6. The first-order valence-electron chi connectivity index (χ1n) is 17.4. The van der Waals surface area contributed by atoms with Gasteiger partial charge in [0.1, 0.15) is 23.8 Å². The van der Waals surface area contributed by atoms with Crippen LogP contribution in [0.2, 0.25) is 0 Å². The lowest BCUT2D eigenvalue weighted by Gasteiger charge is -2.37. The minimum absolute atomic E-state index is 0.0593. The summed E-state index contributed by atoms with van der Waals surface area (Å²) in [5, 5.41) is 22.3. The van der Waals surface area contributed by atoms with Crippen LogP contribution in [-0.2, 0) is 19.2 Å². The first kappa shape index (κ1) is 37.0. The quantitative estimate of drug-likeness (QED) is 0.187. The summed E-state index contributed by atoms with van der Waals surface area (Å²) in [7, 11) is 0. The van der Waals surface area contributed by atoms with Crippen LogP contribution < -0.4 is 21.3 Å². The second-order valence-corrected chi connectivity index (χ2v) is 14.6. The van der Waals surface area contributed by atoms with E-state index in [1.54, 1.807) is 6.08 Å². The molecule has 2 saturated carbocycles. The number of hydrogen-bond donors (Lipinski definition) is 5. The summed E-state index contributed by atoms with van der Waals surface area (Å²) in [6, 6.07) is -3.58. The van der Waals surface area contributed by atoms with Gasteiger partial charge in [0.05, 0.1) is 12.2 Å². The van der Waals surface area contributed by atoms with Crippen LogP contribution in [0.15, 0.2) is 31.2 Å². The second kappa shape index (κ2) is 16.5. The third-order valence-corrected chi connectivity index (χ3v) is 9.64. The number of likely N-dealkylation sites (tertiary alicyclic amines) is 1. The first-order valence-corrected chi connectivity index (χ1v) is 17.4. The van der Waals surface area contributed by atoms with Crippen LogP contribution in [-0.4, -0.2) is 92.4 Å². The zero-order valence-corrected chi connectivity index (χ0v) is 28.7. The molecule has 264 valence electrons. The molecule has 1 aliphatic heterocycles. The number of nitrogens with one attached hydrogen (secondary N) is 4. The topological polar surface area (TPSA) is 183 Å². The fraction of sp³-hybridized carbons (Fsp3) is 0.686. The van der Waals surface area contributed by atoms with Crippen LogP contribution in [0, 0.1) is 17.3 Å². The molecule has 1 unspecified atom stereocenters. The average Bonchev–Trinajstić information content (AvgIpc) is 3.78. The minimum atomic E-state index is -1.43. The fourth-order valence-electron chi connectivity index (χ4n) is 6.67. The van der Waals surface area contributed by atoms with Crippen LogP contribution in [0.1, 0.15) is 102 Å². The summed E-state index contributed by atoms with van der Waals surface area (Å²) in [5.41, 5.74) is -0.666. The number of rotatable bonds is 14.